The fourth-order valence-corrected chi connectivity index (χ4v) is 5.11. The van der Waals surface area contributed by atoms with E-state index >= 15 is 0 Å². The number of hydrazine groups is 1. The molecule has 238 valence electrons. The molecule has 4 rings (SSSR count). The number of methoxy groups -OCH3 is 2. The van der Waals surface area contributed by atoms with Crippen molar-refractivity contribution in [3.05, 3.63) is 60.2 Å². The molecule has 0 heterocycles. The second-order valence-electron chi connectivity index (χ2n) is 10.0. The molecule has 45 heavy (non-hydrogen) atoms. The lowest BCUT2D eigenvalue weighted by Crippen LogP contribution is -2.14. The van der Waals surface area contributed by atoms with Crippen molar-refractivity contribution in [2.45, 2.75) is 38.5 Å². The van der Waals surface area contributed by atoms with E-state index in [1.165, 1.54) is 39.3 Å². The second kappa shape index (κ2) is 14.1. The van der Waals surface area contributed by atoms with Crippen LogP contribution in [0, 0.1) is 6.92 Å². The van der Waals surface area contributed by atoms with Gasteiger partial charge < -0.3 is 24.6 Å². The van der Waals surface area contributed by atoms with E-state index < -0.39 is 20.8 Å². The molecule has 0 fully saturated rings. The van der Waals surface area contributed by atoms with E-state index in [1.54, 1.807) is 18.2 Å². The van der Waals surface area contributed by atoms with Crippen molar-refractivity contribution in [2.24, 2.45) is 10.2 Å². The third kappa shape index (κ3) is 7.91. The van der Waals surface area contributed by atoms with Crippen molar-refractivity contribution in [3.63, 3.8) is 0 Å². The minimum Gasteiger partial charge on any atom is -0.505 e. The number of benzene rings is 4. The first-order chi connectivity index (χ1) is 21.4. The number of fused-ring (bicyclic) bond motifs is 1. The Bertz CT molecular complexity index is 1860. The van der Waals surface area contributed by atoms with E-state index in [0.717, 1.165) is 24.2 Å². The predicted octanol–water partition coefficient (Wildman–Crippen LogP) is 7.11. The Morgan fingerprint density at radius 1 is 0.933 bits per heavy atom. The molecule has 0 radical (unpaired) electrons. The van der Waals surface area contributed by atoms with Gasteiger partial charge in [0.15, 0.2) is 0 Å². The van der Waals surface area contributed by atoms with Gasteiger partial charge in [-0.15, -0.1) is 5.11 Å². The highest BCUT2D eigenvalue weighted by Gasteiger charge is 2.23. The average Bonchev–Trinajstić information content (AvgIpc) is 2.99. The highest BCUT2D eigenvalue weighted by atomic mass is 32.2. The number of hydrogen-bond donors (Lipinski definition) is 5. The van der Waals surface area contributed by atoms with Crippen molar-refractivity contribution in [3.8, 4) is 23.0 Å². The molecule has 4 aromatic rings. The molecular weight excluding hydrogens is 602 g/mol. The fourth-order valence-electron chi connectivity index (χ4n) is 4.43. The SMILES string of the molecule is CCCCOc1ccc(N=Nc2cc(OC)c(NNc3c(S(=O)(=O)O)cc4cc(NC(C)=O)ccc4c3O)cc2OC)c(C)c1. The van der Waals surface area contributed by atoms with Crippen molar-refractivity contribution in [1.29, 1.82) is 0 Å². The van der Waals surface area contributed by atoms with Gasteiger partial charge in [0.2, 0.25) is 5.91 Å². The molecule has 0 aliphatic carbocycles. The van der Waals surface area contributed by atoms with E-state index in [2.05, 4.69) is 33.3 Å². The Balaban J connectivity index is 1.64. The molecule has 0 atom stereocenters. The Morgan fingerprint density at radius 2 is 1.67 bits per heavy atom. The van der Waals surface area contributed by atoms with Crippen molar-refractivity contribution in [2.75, 3.05) is 37.0 Å². The first-order valence-electron chi connectivity index (χ1n) is 13.9. The van der Waals surface area contributed by atoms with Gasteiger partial charge in [0.1, 0.15) is 39.3 Å². The fraction of sp³-hybridized carbons (Fsp3) is 0.258. The molecule has 0 spiro atoms. The summed E-state index contributed by atoms with van der Waals surface area (Å²) in [5.41, 5.74) is 7.69. The number of anilines is 3. The van der Waals surface area contributed by atoms with Gasteiger partial charge in [-0.25, -0.2) is 0 Å². The lowest BCUT2D eigenvalue weighted by molar-refractivity contribution is -0.114. The van der Waals surface area contributed by atoms with Crippen LogP contribution < -0.4 is 30.4 Å². The number of hydrogen-bond acceptors (Lipinski definition) is 11. The summed E-state index contributed by atoms with van der Waals surface area (Å²) < 4.78 is 51.4. The van der Waals surface area contributed by atoms with E-state index in [9.17, 15) is 22.9 Å². The van der Waals surface area contributed by atoms with Crippen LogP contribution in [0.1, 0.15) is 32.3 Å². The highest BCUT2D eigenvalue weighted by Crippen LogP contribution is 2.42. The number of unbranched alkanes of at least 4 members (excludes halogenated alkanes) is 1. The standard InChI is InChI=1S/C31H35N5O8S/c1-6-7-12-44-22-9-11-24(18(2)13-22)33-34-25-16-28(43-5)26(17-27(25)42-4)35-36-30-29(45(39,40)41)15-20-14-21(32-19(3)37)8-10-23(20)31(30)38/h8-11,13-17,35-36,38H,6-7,12H2,1-5H3,(H,32,37)(H,39,40,41). The molecule has 0 unspecified atom stereocenters. The van der Waals surface area contributed by atoms with E-state index in [4.69, 9.17) is 14.2 Å². The van der Waals surface area contributed by atoms with Crippen LogP contribution in [0.15, 0.2) is 69.7 Å². The summed E-state index contributed by atoms with van der Waals surface area (Å²) in [6.45, 7) is 5.97. The Hall–Kier alpha value is -5.08. The second-order valence-corrected chi connectivity index (χ2v) is 11.4. The molecule has 0 bridgehead atoms. The molecule has 1 amide bonds. The summed E-state index contributed by atoms with van der Waals surface area (Å²) in [7, 11) is -1.93. The molecule has 13 nitrogen and oxygen atoms in total. The molecule has 4 aromatic carbocycles. The summed E-state index contributed by atoms with van der Waals surface area (Å²) in [4.78, 5) is 10.8. The van der Waals surface area contributed by atoms with Crippen LogP contribution in [0.25, 0.3) is 10.8 Å². The van der Waals surface area contributed by atoms with Crippen LogP contribution in [0.4, 0.5) is 28.4 Å². The zero-order chi connectivity index (χ0) is 32.7. The summed E-state index contributed by atoms with van der Waals surface area (Å²) >= 11 is 0. The number of ether oxygens (including phenoxy) is 3. The van der Waals surface area contributed by atoms with Crippen LogP contribution in [0.3, 0.4) is 0 Å². The van der Waals surface area contributed by atoms with Gasteiger partial charge in [0.25, 0.3) is 10.1 Å². The number of aromatic hydroxyl groups is 1. The number of nitrogens with one attached hydrogen (secondary N) is 3. The number of phenolic OH excluding ortho intramolecular Hbond substituents is 1. The topological polar surface area (TPSA) is 180 Å². The minimum atomic E-state index is -4.81. The number of amides is 1. The summed E-state index contributed by atoms with van der Waals surface area (Å²) in [5, 5.41) is 22.9. The lowest BCUT2D eigenvalue weighted by Gasteiger charge is -2.18. The van der Waals surface area contributed by atoms with Gasteiger partial charge in [-0.1, -0.05) is 13.3 Å². The first kappa shape index (κ1) is 32.8. The molecule has 0 aliphatic rings. The summed E-state index contributed by atoms with van der Waals surface area (Å²) in [6, 6.07) is 14.4. The van der Waals surface area contributed by atoms with Crippen molar-refractivity contribution in [1.82, 2.24) is 0 Å². The maximum Gasteiger partial charge on any atom is 0.296 e. The number of aryl methyl sites for hydroxylation is 1. The molecule has 0 saturated carbocycles. The zero-order valence-corrected chi connectivity index (χ0v) is 26.3. The Kier molecular flexibility index (Phi) is 10.3. The van der Waals surface area contributed by atoms with Gasteiger partial charge in [0, 0.05) is 30.1 Å². The molecule has 5 N–H and O–H groups in total. The largest absolute Gasteiger partial charge is 0.505 e. The number of azo groups is 1. The normalized spacial score (nSPS) is 11.4. The smallest absolute Gasteiger partial charge is 0.296 e. The molecule has 0 saturated heterocycles. The monoisotopic (exact) mass is 637 g/mol. The van der Waals surface area contributed by atoms with Gasteiger partial charge in [-0.05, 0) is 66.8 Å². The molecular formula is C31H35N5O8S. The van der Waals surface area contributed by atoms with Crippen molar-refractivity contribution < 1.29 is 37.1 Å². The number of rotatable bonds is 13. The minimum absolute atomic E-state index is 0.261. The van der Waals surface area contributed by atoms with Gasteiger partial charge >= 0.3 is 0 Å². The molecule has 0 aliphatic heterocycles. The van der Waals surface area contributed by atoms with Crippen LogP contribution in [0.2, 0.25) is 0 Å². The lowest BCUT2D eigenvalue weighted by atomic mass is 10.1. The number of carbonyl (C=O) groups excluding carboxylic acids is 1. The summed E-state index contributed by atoms with van der Waals surface area (Å²) in [5.74, 6) is 0.554. The van der Waals surface area contributed by atoms with Crippen LogP contribution in [-0.4, -0.2) is 44.8 Å². The van der Waals surface area contributed by atoms with Gasteiger partial charge in [-0.2, -0.15) is 13.5 Å². The van der Waals surface area contributed by atoms with Crippen molar-refractivity contribution >= 4 is 55.2 Å². The predicted molar refractivity (Wildman–Crippen MR) is 172 cm³/mol. The van der Waals surface area contributed by atoms with E-state index in [0.29, 0.717) is 35.1 Å². The van der Waals surface area contributed by atoms with Crippen LogP contribution >= 0.6 is 0 Å². The number of phenols is 1. The van der Waals surface area contributed by atoms with Gasteiger partial charge in [-0.3, -0.25) is 20.2 Å². The van der Waals surface area contributed by atoms with Gasteiger partial charge in [0.05, 0.1) is 32.2 Å². The Labute approximate surface area is 261 Å². The molecule has 14 heteroatoms. The van der Waals surface area contributed by atoms with E-state index in [1.807, 2.05) is 25.1 Å². The number of nitrogens with zero attached hydrogens (tertiary/aromatic N) is 2. The highest BCUT2D eigenvalue weighted by molar-refractivity contribution is 7.86. The summed E-state index contributed by atoms with van der Waals surface area (Å²) in [6.07, 6.45) is 2.01. The molecule has 0 aromatic heterocycles. The Morgan fingerprint density at radius 3 is 2.31 bits per heavy atom. The third-order valence-electron chi connectivity index (χ3n) is 6.70. The van der Waals surface area contributed by atoms with Crippen LogP contribution in [-0.2, 0) is 14.9 Å². The zero-order valence-electron chi connectivity index (χ0n) is 25.5. The maximum absolute atomic E-state index is 12.3. The maximum atomic E-state index is 12.3. The first-order valence-corrected chi connectivity index (χ1v) is 15.4. The average molecular weight is 638 g/mol. The van der Waals surface area contributed by atoms with E-state index in [-0.39, 0.29) is 28.1 Å². The number of carbonyl (C=O) groups is 1. The third-order valence-corrected chi connectivity index (χ3v) is 7.58. The quantitative estimate of drug-likeness (QED) is 0.0333. The van der Waals surface area contributed by atoms with Crippen LogP contribution in [0.5, 0.6) is 23.0 Å².